The molecule has 41 heavy (non-hydrogen) atoms. The average molecular weight is 570 g/mol. The number of aromatic nitrogens is 1. The van der Waals surface area contributed by atoms with E-state index in [1.165, 1.54) is 25.7 Å². The molecule has 1 aromatic heterocycles. The number of urea groups is 1. The van der Waals surface area contributed by atoms with Crippen LogP contribution in [-0.4, -0.2) is 58.0 Å². The SMILES string of the molecule is CC(C)NC(=O)N1CCC(NC(=O)C(C)(C)NC(=O)c2cc3c(n(CC4CCCCC4)c2=O)CCCCCC3)CC1. The van der Waals surface area contributed by atoms with Gasteiger partial charge in [0.1, 0.15) is 11.1 Å². The number of nitrogens with zero attached hydrogens (tertiary/aromatic N) is 2. The lowest BCUT2D eigenvalue weighted by atomic mass is 9.88. The van der Waals surface area contributed by atoms with Crippen molar-refractivity contribution in [2.24, 2.45) is 5.92 Å². The first-order chi connectivity index (χ1) is 19.5. The molecule has 0 atom stereocenters. The Labute approximate surface area is 245 Å². The minimum atomic E-state index is -1.20. The number of likely N-dealkylation sites (tertiary alicyclic amines) is 1. The van der Waals surface area contributed by atoms with Crippen molar-refractivity contribution in [2.75, 3.05) is 13.1 Å². The fourth-order valence-corrected chi connectivity index (χ4v) is 6.56. The molecule has 1 aromatic rings. The summed E-state index contributed by atoms with van der Waals surface area (Å²) in [6.45, 7) is 9.03. The van der Waals surface area contributed by atoms with Gasteiger partial charge in [-0.3, -0.25) is 14.4 Å². The van der Waals surface area contributed by atoms with E-state index in [0.717, 1.165) is 56.2 Å². The van der Waals surface area contributed by atoms with Gasteiger partial charge >= 0.3 is 6.03 Å². The molecule has 3 aliphatic rings. The van der Waals surface area contributed by atoms with Crippen LogP contribution in [0.4, 0.5) is 4.79 Å². The van der Waals surface area contributed by atoms with Gasteiger partial charge < -0.3 is 25.4 Å². The first-order valence-corrected chi connectivity index (χ1v) is 16.0. The van der Waals surface area contributed by atoms with Gasteiger partial charge in [0.15, 0.2) is 0 Å². The lowest BCUT2D eigenvalue weighted by molar-refractivity contribution is -0.127. The summed E-state index contributed by atoms with van der Waals surface area (Å²) in [5.41, 5.74) is 0.942. The molecule has 9 nitrogen and oxygen atoms in total. The summed E-state index contributed by atoms with van der Waals surface area (Å²) in [5, 5.41) is 8.86. The first kappa shape index (κ1) is 31.1. The van der Waals surface area contributed by atoms with Gasteiger partial charge in [-0.15, -0.1) is 0 Å². The molecule has 2 aliphatic carbocycles. The van der Waals surface area contributed by atoms with E-state index in [1.54, 1.807) is 18.7 Å². The summed E-state index contributed by atoms with van der Waals surface area (Å²) in [4.78, 5) is 54.8. The van der Waals surface area contributed by atoms with Crippen LogP contribution < -0.4 is 21.5 Å². The van der Waals surface area contributed by atoms with Crippen LogP contribution in [0.5, 0.6) is 0 Å². The number of piperidine rings is 1. The third-order valence-corrected chi connectivity index (χ3v) is 9.03. The quantitative estimate of drug-likeness (QED) is 0.455. The van der Waals surface area contributed by atoms with Crippen molar-refractivity contribution in [1.82, 2.24) is 25.4 Å². The summed E-state index contributed by atoms with van der Waals surface area (Å²) >= 11 is 0. The Balaban J connectivity index is 1.45. The summed E-state index contributed by atoms with van der Waals surface area (Å²) in [6, 6.07) is 1.72. The molecule has 4 amide bonds. The topological polar surface area (TPSA) is 113 Å². The largest absolute Gasteiger partial charge is 0.351 e. The molecule has 228 valence electrons. The number of amides is 4. The Kier molecular flexibility index (Phi) is 10.5. The van der Waals surface area contributed by atoms with Crippen LogP contribution in [0.25, 0.3) is 0 Å². The van der Waals surface area contributed by atoms with Crippen molar-refractivity contribution in [3.8, 4) is 0 Å². The standard InChI is InChI=1S/C32H51N5O4/c1-22(2)33-31(41)36-18-16-25(17-19-36)34-30(40)32(3,4)35-28(38)26-20-24-14-10-5-6-11-15-27(24)37(29(26)39)21-23-12-8-7-9-13-23/h20,22-23,25H,5-19,21H2,1-4H3,(H,33,41)(H,34,40)(H,35,38). The predicted molar refractivity (Wildman–Crippen MR) is 161 cm³/mol. The first-order valence-electron chi connectivity index (χ1n) is 16.0. The minimum Gasteiger partial charge on any atom is -0.351 e. The highest BCUT2D eigenvalue weighted by Crippen LogP contribution is 2.27. The Morgan fingerprint density at radius 2 is 1.56 bits per heavy atom. The Morgan fingerprint density at radius 1 is 0.927 bits per heavy atom. The van der Waals surface area contributed by atoms with E-state index >= 15 is 0 Å². The molecule has 2 heterocycles. The Morgan fingerprint density at radius 3 is 2.22 bits per heavy atom. The molecule has 1 aliphatic heterocycles. The van der Waals surface area contributed by atoms with Crippen LogP contribution in [0.1, 0.15) is 120 Å². The molecular weight excluding hydrogens is 518 g/mol. The maximum Gasteiger partial charge on any atom is 0.317 e. The lowest BCUT2D eigenvalue weighted by Crippen LogP contribution is -2.59. The van der Waals surface area contributed by atoms with E-state index in [1.807, 2.05) is 24.5 Å². The second kappa shape index (κ2) is 13.9. The molecule has 1 saturated heterocycles. The van der Waals surface area contributed by atoms with Gasteiger partial charge in [-0.2, -0.15) is 0 Å². The lowest BCUT2D eigenvalue weighted by Gasteiger charge is -2.35. The van der Waals surface area contributed by atoms with Crippen LogP contribution in [0, 0.1) is 5.92 Å². The van der Waals surface area contributed by atoms with E-state index in [-0.39, 0.29) is 35.1 Å². The number of aryl methyl sites for hydroxylation is 1. The van der Waals surface area contributed by atoms with Crippen molar-refractivity contribution >= 4 is 17.8 Å². The second-order valence-corrected chi connectivity index (χ2v) is 13.3. The number of nitrogens with one attached hydrogen (secondary N) is 3. The molecular formula is C32H51N5O4. The number of rotatable bonds is 7. The molecule has 2 fully saturated rings. The number of carbonyl (C=O) groups excluding carboxylic acids is 3. The monoisotopic (exact) mass is 569 g/mol. The van der Waals surface area contributed by atoms with Crippen LogP contribution >= 0.6 is 0 Å². The van der Waals surface area contributed by atoms with Gasteiger partial charge in [-0.25, -0.2) is 4.79 Å². The van der Waals surface area contributed by atoms with E-state index in [9.17, 15) is 19.2 Å². The van der Waals surface area contributed by atoms with E-state index < -0.39 is 11.4 Å². The normalized spacial score (nSPS) is 19.2. The van der Waals surface area contributed by atoms with Gasteiger partial charge in [-0.05, 0) is 96.6 Å². The molecule has 0 spiro atoms. The highest BCUT2D eigenvalue weighted by molar-refractivity contribution is 5.99. The van der Waals surface area contributed by atoms with Crippen LogP contribution in [0.15, 0.2) is 10.9 Å². The fourth-order valence-electron chi connectivity index (χ4n) is 6.56. The zero-order chi connectivity index (χ0) is 29.6. The molecule has 3 N–H and O–H groups in total. The van der Waals surface area contributed by atoms with Crippen molar-refractivity contribution in [1.29, 1.82) is 0 Å². The summed E-state index contributed by atoms with van der Waals surface area (Å²) in [7, 11) is 0. The number of hydrogen-bond donors (Lipinski definition) is 3. The summed E-state index contributed by atoms with van der Waals surface area (Å²) < 4.78 is 1.92. The fraction of sp³-hybridized carbons (Fsp3) is 0.750. The second-order valence-electron chi connectivity index (χ2n) is 13.3. The maximum absolute atomic E-state index is 13.8. The molecule has 0 unspecified atom stereocenters. The zero-order valence-corrected chi connectivity index (χ0v) is 25.7. The molecule has 4 rings (SSSR count). The van der Waals surface area contributed by atoms with Crippen LogP contribution in [0.3, 0.4) is 0 Å². The average Bonchev–Trinajstić information content (AvgIpc) is 2.91. The van der Waals surface area contributed by atoms with E-state index in [0.29, 0.717) is 38.4 Å². The Hall–Kier alpha value is -2.84. The van der Waals surface area contributed by atoms with Gasteiger partial charge in [0, 0.05) is 37.4 Å². The van der Waals surface area contributed by atoms with Gasteiger partial charge in [0.25, 0.3) is 11.5 Å². The smallest absolute Gasteiger partial charge is 0.317 e. The number of fused-ring (bicyclic) bond motifs is 1. The van der Waals surface area contributed by atoms with Crippen molar-refractivity contribution in [2.45, 2.75) is 135 Å². The predicted octanol–water partition coefficient (Wildman–Crippen LogP) is 4.29. The third-order valence-electron chi connectivity index (χ3n) is 9.03. The molecule has 0 radical (unpaired) electrons. The van der Waals surface area contributed by atoms with Crippen molar-refractivity contribution < 1.29 is 14.4 Å². The molecule has 0 aromatic carbocycles. The molecule has 0 bridgehead atoms. The summed E-state index contributed by atoms with van der Waals surface area (Å²) in [6.07, 6.45) is 13.4. The number of hydrogen-bond acceptors (Lipinski definition) is 4. The third kappa shape index (κ3) is 8.13. The van der Waals surface area contributed by atoms with E-state index in [4.69, 9.17) is 0 Å². The molecule has 9 heteroatoms. The van der Waals surface area contributed by atoms with Gasteiger partial charge in [0.2, 0.25) is 5.91 Å². The highest BCUT2D eigenvalue weighted by atomic mass is 16.2. The Bertz CT molecular complexity index is 1140. The summed E-state index contributed by atoms with van der Waals surface area (Å²) in [5.74, 6) is -0.304. The van der Waals surface area contributed by atoms with Gasteiger partial charge in [0.05, 0.1) is 0 Å². The van der Waals surface area contributed by atoms with Crippen LogP contribution in [0.2, 0.25) is 0 Å². The number of carbonyl (C=O) groups is 3. The van der Waals surface area contributed by atoms with E-state index in [2.05, 4.69) is 16.0 Å². The zero-order valence-electron chi connectivity index (χ0n) is 25.7. The van der Waals surface area contributed by atoms with Gasteiger partial charge in [-0.1, -0.05) is 32.1 Å². The minimum absolute atomic E-state index is 0.0739. The van der Waals surface area contributed by atoms with Crippen LogP contribution in [-0.2, 0) is 24.2 Å². The number of pyridine rings is 1. The van der Waals surface area contributed by atoms with Crippen molar-refractivity contribution in [3.63, 3.8) is 0 Å². The molecule has 1 saturated carbocycles. The van der Waals surface area contributed by atoms with Crippen molar-refractivity contribution in [3.05, 3.63) is 33.2 Å². The highest BCUT2D eigenvalue weighted by Gasteiger charge is 2.34. The maximum atomic E-state index is 13.8.